The van der Waals surface area contributed by atoms with Gasteiger partial charge in [0.2, 0.25) is 0 Å². The van der Waals surface area contributed by atoms with E-state index in [4.69, 9.17) is 4.84 Å². The number of piperidine rings is 1. The molecule has 0 amide bonds. The average Bonchev–Trinajstić information content (AvgIpc) is 3.03. The van der Waals surface area contributed by atoms with Crippen LogP contribution in [0.2, 0.25) is 0 Å². The van der Waals surface area contributed by atoms with Crippen LogP contribution >= 0.6 is 11.3 Å². The zero-order chi connectivity index (χ0) is 17.2. The molecule has 2 aromatic heterocycles. The summed E-state index contributed by atoms with van der Waals surface area (Å²) in [5.74, 6) is 1.39. The molecular weight excluding hydrogens is 339 g/mol. The number of nitrogens with zero attached hydrogens (tertiary/aromatic N) is 3. The Balaban J connectivity index is 1.37. The Morgan fingerprint density at radius 2 is 1.96 bits per heavy atom. The first-order valence-electron chi connectivity index (χ1n) is 8.32. The Hall–Kier alpha value is -2.25. The van der Waals surface area contributed by atoms with E-state index in [-0.39, 0.29) is 11.9 Å². The quantitative estimate of drug-likeness (QED) is 0.721. The van der Waals surface area contributed by atoms with Crippen molar-refractivity contribution in [1.82, 2.24) is 15.4 Å². The van der Waals surface area contributed by atoms with Gasteiger partial charge in [-0.15, -0.1) is 11.3 Å². The van der Waals surface area contributed by atoms with Gasteiger partial charge in [0.1, 0.15) is 23.7 Å². The lowest BCUT2D eigenvalue weighted by Gasteiger charge is -2.33. The van der Waals surface area contributed by atoms with Crippen LogP contribution in [0.3, 0.4) is 0 Å². The Morgan fingerprint density at radius 3 is 2.72 bits per heavy atom. The van der Waals surface area contributed by atoms with Crippen molar-refractivity contribution in [3.63, 3.8) is 0 Å². The summed E-state index contributed by atoms with van der Waals surface area (Å²) < 4.78 is 14.1. The molecule has 1 aliphatic rings. The molecule has 3 aromatic rings. The molecule has 1 saturated heterocycles. The van der Waals surface area contributed by atoms with Gasteiger partial charge in [-0.3, -0.25) is 0 Å². The van der Waals surface area contributed by atoms with Crippen LogP contribution in [-0.4, -0.2) is 29.1 Å². The number of fused-ring (bicyclic) bond motifs is 1. The number of anilines is 1. The number of thiophene rings is 1. The fraction of sp³-hybridized carbons (Fsp3) is 0.333. The monoisotopic (exact) mass is 358 g/mol. The Kier molecular flexibility index (Phi) is 4.50. The van der Waals surface area contributed by atoms with Gasteiger partial charge in [-0.05, 0) is 55.0 Å². The number of hydroxylamine groups is 1. The topological polar surface area (TPSA) is 50.3 Å². The fourth-order valence-corrected chi connectivity index (χ4v) is 4.06. The Bertz CT molecular complexity index is 859. The molecule has 0 unspecified atom stereocenters. The highest BCUT2D eigenvalue weighted by atomic mass is 32.1. The zero-order valence-corrected chi connectivity index (χ0v) is 14.7. The molecule has 1 aliphatic heterocycles. The molecule has 1 aromatic carbocycles. The second-order valence-electron chi connectivity index (χ2n) is 6.23. The van der Waals surface area contributed by atoms with Crippen LogP contribution in [0.25, 0.3) is 10.2 Å². The normalized spacial score (nSPS) is 15.7. The van der Waals surface area contributed by atoms with Crippen molar-refractivity contribution in [2.45, 2.75) is 25.8 Å². The minimum absolute atomic E-state index is 0.263. The van der Waals surface area contributed by atoms with Crippen LogP contribution < -0.4 is 15.2 Å². The van der Waals surface area contributed by atoms with E-state index < -0.39 is 0 Å². The second kappa shape index (κ2) is 6.93. The molecule has 1 N–H and O–H groups in total. The number of aryl methyl sites for hydroxylation is 1. The molecule has 0 bridgehead atoms. The summed E-state index contributed by atoms with van der Waals surface area (Å²) in [5.41, 5.74) is 5.34. The number of hydrogen-bond acceptors (Lipinski definition) is 6. The van der Waals surface area contributed by atoms with E-state index in [9.17, 15) is 4.39 Å². The summed E-state index contributed by atoms with van der Waals surface area (Å²) in [6.45, 7) is 3.90. The third kappa shape index (κ3) is 3.43. The largest absolute Gasteiger partial charge is 0.408 e. The lowest BCUT2D eigenvalue weighted by atomic mass is 10.1. The predicted octanol–water partition coefficient (Wildman–Crippen LogP) is 3.69. The Morgan fingerprint density at radius 1 is 1.20 bits per heavy atom. The maximum atomic E-state index is 12.9. The average molecular weight is 358 g/mol. The van der Waals surface area contributed by atoms with E-state index in [2.05, 4.69) is 32.7 Å². The van der Waals surface area contributed by atoms with Crippen LogP contribution in [0.5, 0.6) is 5.75 Å². The number of aromatic nitrogens is 2. The van der Waals surface area contributed by atoms with Gasteiger partial charge in [-0.2, -0.15) is 5.48 Å². The third-order valence-corrected chi connectivity index (χ3v) is 5.55. The second-order valence-corrected chi connectivity index (χ2v) is 7.11. The van der Waals surface area contributed by atoms with Crippen molar-refractivity contribution in [2.24, 2.45) is 0 Å². The maximum absolute atomic E-state index is 12.9. The van der Waals surface area contributed by atoms with E-state index in [1.807, 2.05) is 0 Å². The molecule has 130 valence electrons. The molecule has 0 spiro atoms. The van der Waals surface area contributed by atoms with Gasteiger partial charge >= 0.3 is 0 Å². The molecule has 3 heterocycles. The van der Waals surface area contributed by atoms with Gasteiger partial charge in [0.25, 0.3) is 0 Å². The number of rotatable bonds is 4. The minimum atomic E-state index is -0.263. The molecule has 0 radical (unpaired) electrons. The number of halogens is 1. The minimum Gasteiger partial charge on any atom is -0.408 e. The lowest BCUT2D eigenvalue weighted by Crippen LogP contribution is -2.44. The van der Waals surface area contributed by atoms with Crippen molar-refractivity contribution in [3.05, 3.63) is 47.4 Å². The highest BCUT2D eigenvalue weighted by Gasteiger charge is 2.22. The number of benzene rings is 1. The van der Waals surface area contributed by atoms with Crippen molar-refractivity contribution in [2.75, 3.05) is 18.0 Å². The SMILES string of the molecule is Cc1csc2c(N3CCC(NOc4ccc(F)cc4)CC3)ncnc12. The van der Waals surface area contributed by atoms with Crippen molar-refractivity contribution < 1.29 is 9.23 Å². The fourth-order valence-electron chi connectivity index (χ4n) is 3.05. The zero-order valence-electron chi connectivity index (χ0n) is 13.9. The van der Waals surface area contributed by atoms with Crippen LogP contribution in [0.4, 0.5) is 10.2 Å². The summed E-state index contributed by atoms with van der Waals surface area (Å²) in [7, 11) is 0. The summed E-state index contributed by atoms with van der Waals surface area (Å²) in [4.78, 5) is 16.8. The first kappa shape index (κ1) is 16.2. The van der Waals surface area contributed by atoms with Crippen molar-refractivity contribution >= 4 is 27.4 Å². The lowest BCUT2D eigenvalue weighted by molar-refractivity contribution is 0.140. The first-order valence-corrected chi connectivity index (χ1v) is 9.20. The van der Waals surface area contributed by atoms with E-state index in [1.54, 1.807) is 29.8 Å². The van der Waals surface area contributed by atoms with Gasteiger partial charge in [0.15, 0.2) is 0 Å². The molecule has 7 heteroatoms. The molecule has 1 fully saturated rings. The Labute approximate surface area is 149 Å². The summed E-state index contributed by atoms with van der Waals surface area (Å²) >= 11 is 1.71. The standard InChI is InChI=1S/C18H19FN4OS/c1-12-10-25-17-16(12)20-11-21-18(17)23-8-6-14(7-9-23)22-24-15-4-2-13(19)3-5-15/h2-5,10-11,14,22H,6-9H2,1H3. The first-order chi connectivity index (χ1) is 12.2. The summed E-state index contributed by atoms with van der Waals surface area (Å²) in [6, 6.07) is 6.29. The molecule has 5 nitrogen and oxygen atoms in total. The van der Waals surface area contributed by atoms with Gasteiger partial charge in [0.05, 0.1) is 10.2 Å². The van der Waals surface area contributed by atoms with E-state index in [0.29, 0.717) is 5.75 Å². The summed E-state index contributed by atoms with van der Waals surface area (Å²) in [6.07, 6.45) is 3.56. The summed E-state index contributed by atoms with van der Waals surface area (Å²) in [5, 5.41) is 2.13. The molecule has 4 rings (SSSR count). The maximum Gasteiger partial charge on any atom is 0.150 e. The molecule has 25 heavy (non-hydrogen) atoms. The van der Waals surface area contributed by atoms with E-state index >= 15 is 0 Å². The van der Waals surface area contributed by atoms with Gasteiger partial charge < -0.3 is 9.74 Å². The molecule has 0 saturated carbocycles. The molecule has 0 atom stereocenters. The van der Waals surface area contributed by atoms with Crippen molar-refractivity contribution in [1.29, 1.82) is 0 Å². The van der Waals surface area contributed by atoms with Crippen LogP contribution in [-0.2, 0) is 0 Å². The number of nitrogens with one attached hydrogen (secondary N) is 1. The highest BCUT2D eigenvalue weighted by molar-refractivity contribution is 7.18. The third-order valence-electron chi connectivity index (χ3n) is 4.46. The van der Waals surface area contributed by atoms with E-state index in [1.165, 1.54) is 17.7 Å². The number of hydrogen-bond donors (Lipinski definition) is 1. The van der Waals surface area contributed by atoms with Gasteiger partial charge in [-0.1, -0.05) is 0 Å². The van der Waals surface area contributed by atoms with E-state index in [0.717, 1.165) is 42.0 Å². The van der Waals surface area contributed by atoms with Crippen LogP contribution in [0.1, 0.15) is 18.4 Å². The predicted molar refractivity (Wildman–Crippen MR) is 97.6 cm³/mol. The highest BCUT2D eigenvalue weighted by Crippen LogP contribution is 2.32. The van der Waals surface area contributed by atoms with Crippen molar-refractivity contribution in [3.8, 4) is 5.75 Å². The molecule has 0 aliphatic carbocycles. The van der Waals surface area contributed by atoms with Crippen LogP contribution in [0, 0.1) is 12.7 Å². The molecular formula is C18H19FN4OS. The van der Waals surface area contributed by atoms with Gasteiger partial charge in [0, 0.05) is 19.1 Å². The van der Waals surface area contributed by atoms with Gasteiger partial charge in [-0.25, -0.2) is 14.4 Å². The smallest absolute Gasteiger partial charge is 0.150 e. The van der Waals surface area contributed by atoms with Crippen LogP contribution in [0.15, 0.2) is 36.0 Å².